The Morgan fingerprint density at radius 2 is 1.38 bits per heavy atom. The van der Waals surface area contributed by atoms with E-state index in [-0.39, 0.29) is 0 Å². The quantitative estimate of drug-likeness (QED) is 0.921. The summed E-state index contributed by atoms with van der Waals surface area (Å²) in [6, 6.07) is 16.2. The Morgan fingerprint density at radius 1 is 0.905 bits per heavy atom. The van der Waals surface area contributed by atoms with Gasteiger partial charge in [0.1, 0.15) is 5.60 Å². The van der Waals surface area contributed by atoms with Crippen LogP contribution in [0.4, 0.5) is 0 Å². The van der Waals surface area contributed by atoms with Gasteiger partial charge in [0.05, 0.1) is 0 Å². The topological polar surface area (TPSA) is 23.5 Å². The van der Waals surface area contributed by atoms with Crippen LogP contribution in [0.1, 0.15) is 25.0 Å². The van der Waals surface area contributed by atoms with Gasteiger partial charge in [-0.05, 0) is 48.4 Å². The average molecular weight is 279 g/mol. The Hall–Kier alpha value is -2.06. The molecule has 1 aliphatic rings. The van der Waals surface area contributed by atoms with Crippen molar-refractivity contribution in [2.45, 2.75) is 19.4 Å². The summed E-state index contributed by atoms with van der Waals surface area (Å²) in [5, 5.41) is 11.3. The largest absolute Gasteiger partial charge is 0.378 e. The van der Waals surface area contributed by atoms with Crippen LogP contribution in [0.3, 0.4) is 0 Å². The van der Waals surface area contributed by atoms with Crippen molar-refractivity contribution in [1.82, 2.24) is 4.90 Å². The number of nitrogens with zero attached hydrogens (tertiary/aromatic N) is 1. The smallest absolute Gasteiger partial charge is 0.136 e. The van der Waals surface area contributed by atoms with Crippen molar-refractivity contribution in [3.05, 3.63) is 71.9 Å². The normalized spacial score (nSPS) is 15.0. The monoisotopic (exact) mass is 279 g/mol. The van der Waals surface area contributed by atoms with Crippen LogP contribution in [0.25, 0.3) is 11.1 Å². The maximum atomic E-state index is 11.3. The highest BCUT2D eigenvalue weighted by Gasteiger charge is 2.39. The predicted octanol–water partition coefficient (Wildman–Crippen LogP) is 3.76. The molecule has 0 fully saturated rings. The maximum Gasteiger partial charge on any atom is 0.136 e. The van der Waals surface area contributed by atoms with Gasteiger partial charge in [0.2, 0.25) is 0 Å². The molecule has 0 bridgehead atoms. The maximum absolute atomic E-state index is 11.3. The number of benzene rings is 2. The van der Waals surface area contributed by atoms with Crippen molar-refractivity contribution in [3.63, 3.8) is 0 Å². The highest BCUT2D eigenvalue weighted by Crippen LogP contribution is 2.47. The van der Waals surface area contributed by atoms with E-state index < -0.39 is 5.60 Å². The van der Waals surface area contributed by atoms with Gasteiger partial charge in [0.25, 0.3) is 0 Å². The van der Waals surface area contributed by atoms with E-state index in [0.29, 0.717) is 0 Å². The Labute approximate surface area is 126 Å². The number of fused-ring (bicyclic) bond motifs is 3. The summed E-state index contributed by atoms with van der Waals surface area (Å²) in [6.07, 6.45) is 3.93. The van der Waals surface area contributed by atoms with Crippen LogP contribution in [-0.2, 0) is 5.60 Å². The lowest BCUT2D eigenvalue weighted by molar-refractivity contribution is 0.137. The SMILES string of the molecule is CCN(/C=C/C1(O)c2ccccc2-c2ccccc21)CC. The van der Waals surface area contributed by atoms with Crippen LogP contribution in [0.15, 0.2) is 60.8 Å². The lowest BCUT2D eigenvalue weighted by Crippen LogP contribution is -2.24. The zero-order valence-corrected chi connectivity index (χ0v) is 12.6. The minimum Gasteiger partial charge on any atom is -0.378 e. The minimum absolute atomic E-state index is 0.937. The Morgan fingerprint density at radius 3 is 1.86 bits per heavy atom. The standard InChI is InChI=1S/C19H21NO/c1-3-20(4-2)14-13-19(21)17-11-7-5-9-15(17)16-10-6-8-12-18(16)19/h5-14,21H,3-4H2,1-2H3/b14-13+. The van der Waals surface area contributed by atoms with Crippen LogP contribution in [-0.4, -0.2) is 23.1 Å². The predicted molar refractivity (Wildman–Crippen MR) is 86.9 cm³/mol. The average Bonchev–Trinajstić information content (AvgIpc) is 2.79. The van der Waals surface area contributed by atoms with Crippen molar-refractivity contribution < 1.29 is 5.11 Å². The lowest BCUT2D eigenvalue weighted by Gasteiger charge is -2.24. The van der Waals surface area contributed by atoms with Gasteiger partial charge in [0, 0.05) is 13.1 Å². The van der Waals surface area contributed by atoms with Gasteiger partial charge in [-0.25, -0.2) is 0 Å². The summed E-state index contributed by atoms with van der Waals surface area (Å²) in [7, 11) is 0. The third-order valence-electron chi connectivity index (χ3n) is 4.30. The van der Waals surface area contributed by atoms with E-state index in [1.165, 1.54) is 0 Å². The molecule has 2 heteroatoms. The molecule has 2 nitrogen and oxygen atoms in total. The third-order valence-corrected chi connectivity index (χ3v) is 4.30. The summed E-state index contributed by atoms with van der Waals surface area (Å²) >= 11 is 0. The van der Waals surface area contributed by atoms with E-state index in [9.17, 15) is 5.11 Å². The molecule has 21 heavy (non-hydrogen) atoms. The van der Waals surface area contributed by atoms with E-state index in [0.717, 1.165) is 35.3 Å². The van der Waals surface area contributed by atoms with E-state index in [1.54, 1.807) is 0 Å². The summed E-state index contributed by atoms with van der Waals surface area (Å²) in [4.78, 5) is 2.18. The molecule has 0 aliphatic heterocycles. The van der Waals surface area contributed by atoms with Gasteiger partial charge < -0.3 is 10.0 Å². The molecular formula is C19H21NO. The number of aliphatic hydroxyl groups is 1. The molecule has 0 spiro atoms. The zero-order valence-electron chi connectivity index (χ0n) is 12.6. The first-order chi connectivity index (χ1) is 10.2. The van der Waals surface area contributed by atoms with Crippen molar-refractivity contribution >= 4 is 0 Å². The van der Waals surface area contributed by atoms with Crippen LogP contribution in [0, 0.1) is 0 Å². The molecule has 2 aromatic carbocycles. The van der Waals surface area contributed by atoms with Gasteiger partial charge in [-0.3, -0.25) is 0 Å². The summed E-state index contributed by atoms with van der Waals surface area (Å²) in [5.74, 6) is 0. The van der Waals surface area contributed by atoms with Gasteiger partial charge in [-0.2, -0.15) is 0 Å². The summed E-state index contributed by atoms with van der Waals surface area (Å²) in [5.41, 5.74) is 3.15. The molecule has 0 radical (unpaired) electrons. The fraction of sp³-hybridized carbons (Fsp3) is 0.263. The van der Waals surface area contributed by atoms with Crippen LogP contribution >= 0.6 is 0 Å². The van der Waals surface area contributed by atoms with E-state index in [1.807, 2.05) is 48.7 Å². The summed E-state index contributed by atoms with van der Waals surface area (Å²) < 4.78 is 0. The van der Waals surface area contributed by atoms with Crippen molar-refractivity contribution in [1.29, 1.82) is 0 Å². The molecule has 0 saturated heterocycles. The second-order valence-electron chi connectivity index (χ2n) is 5.39. The molecule has 0 atom stereocenters. The number of rotatable bonds is 4. The molecule has 2 aromatic rings. The van der Waals surface area contributed by atoms with Crippen molar-refractivity contribution in [3.8, 4) is 11.1 Å². The lowest BCUT2D eigenvalue weighted by atomic mass is 9.91. The Balaban J connectivity index is 2.13. The van der Waals surface area contributed by atoms with Gasteiger partial charge >= 0.3 is 0 Å². The number of hydrogen-bond acceptors (Lipinski definition) is 2. The van der Waals surface area contributed by atoms with Gasteiger partial charge in [-0.15, -0.1) is 0 Å². The number of hydrogen-bond donors (Lipinski definition) is 1. The molecule has 0 heterocycles. The van der Waals surface area contributed by atoms with Gasteiger partial charge in [-0.1, -0.05) is 48.5 Å². The minimum atomic E-state index is -1.03. The second-order valence-corrected chi connectivity index (χ2v) is 5.39. The Bertz CT molecular complexity index is 625. The molecule has 0 unspecified atom stereocenters. The fourth-order valence-electron chi connectivity index (χ4n) is 3.07. The molecule has 108 valence electrons. The van der Waals surface area contributed by atoms with Crippen LogP contribution < -0.4 is 0 Å². The van der Waals surface area contributed by atoms with Crippen LogP contribution in [0.5, 0.6) is 0 Å². The first-order valence-corrected chi connectivity index (χ1v) is 7.56. The van der Waals surface area contributed by atoms with E-state index in [4.69, 9.17) is 0 Å². The van der Waals surface area contributed by atoms with Gasteiger partial charge in [0.15, 0.2) is 0 Å². The van der Waals surface area contributed by atoms with Crippen LogP contribution in [0.2, 0.25) is 0 Å². The van der Waals surface area contributed by atoms with E-state index >= 15 is 0 Å². The molecule has 1 aliphatic carbocycles. The molecule has 0 saturated carbocycles. The molecule has 1 N–H and O–H groups in total. The van der Waals surface area contributed by atoms with Crippen molar-refractivity contribution in [2.24, 2.45) is 0 Å². The molecule has 0 aromatic heterocycles. The first-order valence-electron chi connectivity index (χ1n) is 7.56. The first kappa shape index (κ1) is 13.9. The third kappa shape index (κ3) is 2.16. The van der Waals surface area contributed by atoms with E-state index in [2.05, 4.69) is 30.9 Å². The fourth-order valence-corrected chi connectivity index (χ4v) is 3.07. The Kier molecular flexibility index (Phi) is 3.56. The highest BCUT2D eigenvalue weighted by atomic mass is 16.3. The summed E-state index contributed by atoms with van der Waals surface area (Å²) in [6.45, 7) is 6.11. The molecule has 3 rings (SSSR count). The second kappa shape index (κ2) is 5.38. The molecule has 0 amide bonds. The highest BCUT2D eigenvalue weighted by molar-refractivity contribution is 5.81. The van der Waals surface area contributed by atoms with Crippen molar-refractivity contribution in [2.75, 3.05) is 13.1 Å². The molecular weight excluding hydrogens is 258 g/mol. The zero-order chi connectivity index (χ0) is 14.9.